The fourth-order valence-corrected chi connectivity index (χ4v) is 1.87. The number of fused-ring (bicyclic) bond motifs is 1. The Bertz CT molecular complexity index is 457. The van der Waals surface area contributed by atoms with Crippen molar-refractivity contribution in [1.82, 2.24) is 9.78 Å². The van der Waals surface area contributed by atoms with E-state index >= 15 is 0 Å². The van der Waals surface area contributed by atoms with Crippen molar-refractivity contribution >= 4 is 10.9 Å². The molecule has 0 bridgehead atoms. The van der Waals surface area contributed by atoms with E-state index in [0.29, 0.717) is 0 Å². The molecule has 1 aromatic heterocycles. The van der Waals surface area contributed by atoms with Crippen LogP contribution in [0.4, 0.5) is 0 Å². The first-order valence-corrected chi connectivity index (χ1v) is 5.40. The van der Waals surface area contributed by atoms with Crippen LogP contribution in [-0.2, 0) is 13.0 Å². The lowest BCUT2D eigenvalue weighted by molar-refractivity contribution is 0.682. The molecule has 0 aliphatic carbocycles. The summed E-state index contributed by atoms with van der Waals surface area (Å²) in [6, 6.07) is 6.65. The van der Waals surface area contributed by atoms with Crippen molar-refractivity contribution in [2.75, 3.05) is 0 Å². The molecule has 1 aromatic carbocycles. The minimum absolute atomic E-state index is 0.209. The summed E-state index contributed by atoms with van der Waals surface area (Å²) in [6.45, 7) is 5.04. The fraction of sp³-hybridized carbons (Fsp3) is 0.417. The van der Waals surface area contributed by atoms with Crippen molar-refractivity contribution < 1.29 is 0 Å². The van der Waals surface area contributed by atoms with Crippen LogP contribution in [0, 0.1) is 0 Å². The number of aryl methyl sites for hydroxylation is 1. The average molecular weight is 203 g/mol. The predicted molar refractivity (Wildman–Crippen MR) is 62.8 cm³/mol. The Morgan fingerprint density at radius 3 is 2.93 bits per heavy atom. The van der Waals surface area contributed by atoms with E-state index in [1.165, 1.54) is 16.5 Å². The van der Waals surface area contributed by atoms with Gasteiger partial charge in [-0.15, -0.1) is 0 Å². The van der Waals surface area contributed by atoms with Crippen LogP contribution in [0.3, 0.4) is 0 Å². The molecule has 2 rings (SSSR count). The van der Waals surface area contributed by atoms with Crippen LogP contribution in [0.2, 0.25) is 0 Å². The van der Waals surface area contributed by atoms with E-state index in [1.54, 1.807) is 0 Å². The van der Waals surface area contributed by atoms with Crippen LogP contribution in [0.1, 0.15) is 19.4 Å². The molecule has 0 aliphatic rings. The Morgan fingerprint density at radius 1 is 1.47 bits per heavy atom. The number of hydrogen-bond acceptors (Lipinski definition) is 2. The molecule has 1 heterocycles. The predicted octanol–water partition coefficient (Wildman–Crippen LogP) is 1.95. The Labute approximate surface area is 89.9 Å². The van der Waals surface area contributed by atoms with E-state index in [9.17, 15) is 0 Å². The third-order valence-corrected chi connectivity index (χ3v) is 2.57. The van der Waals surface area contributed by atoms with Crippen molar-refractivity contribution in [3.8, 4) is 0 Å². The maximum absolute atomic E-state index is 5.79. The molecule has 0 fully saturated rings. The highest BCUT2D eigenvalue weighted by Gasteiger charge is 2.03. The van der Waals surface area contributed by atoms with E-state index in [-0.39, 0.29) is 6.04 Å². The van der Waals surface area contributed by atoms with Crippen LogP contribution in [0.5, 0.6) is 0 Å². The van der Waals surface area contributed by atoms with Crippen molar-refractivity contribution in [3.05, 3.63) is 30.0 Å². The van der Waals surface area contributed by atoms with Crippen molar-refractivity contribution in [1.29, 1.82) is 0 Å². The smallest absolute Gasteiger partial charge is 0.0685 e. The molecule has 0 saturated carbocycles. The standard InChI is InChI=1S/C12H17N3/c1-3-15-12-7-10(6-9(2)13)4-5-11(12)8-14-15/h4-5,7-9H,3,6,13H2,1-2H3. The normalized spacial score (nSPS) is 13.3. The van der Waals surface area contributed by atoms with E-state index in [2.05, 4.69) is 30.2 Å². The number of rotatable bonds is 3. The van der Waals surface area contributed by atoms with Crippen LogP contribution in [0.25, 0.3) is 10.9 Å². The molecular formula is C12H17N3. The van der Waals surface area contributed by atoms with Gasteiger partial charge in [0, 0.05) is 18.0 Å². The first-order valence-electron chi connectivity index (χ1n) is 5.40. The van der Waals surface area contributed by atoms with Gasteiger partial charge in [0.2, 0.25) is 0 Å². The highest BCUT2D eigenvalue weighted by atomic mass is 15.3. The molecule has 0 radical (unpaired) electrons. The Balaban J connectivity index is 2.43. The van der Waals surface area contributed by atoms with Crippen molar-refractivity contribution in [2.24, 2.45) is 5.73 Å². The lowest BCUT2D eigenvalue weighted by atomic mass is 10.1. The molecule has 1 atom stereocenters. The summed E-state index contributed by atoms with van der Waals surface area (Å²) >= 11 is 0. The molecule has 80 valence electrons. The van der Waals surface area contributed by atoms with Crippen molar-refractivity contribution in [3.63, 3.8) is 0 Å². The number of hydrogen-bond donors (Lipinski definition) is 1. The van der Waals surface area contributed by atoms with Gasteiger partial charge in [-0.25, -0.2) is 0 Å². The lowest BCUT2D eigenvalue weighted by Crippen LogP contribution is -2.17. The topological polar surface area (TPSA) is 43.8 Å². The third-order valence-electron chi connectivity index (χ3n) is 2.57. The highest BCUT2D eigenvalue weighted by Crippen LogP contribution is 2.16. The number of benzene rings is 1. The summed E-state index contributed by atoms with van der Waals surface area (Å²) in [5.41, 5.74) is 8.28. The largest absolute Gasteiger partial charge is 0.328 e. The fourth-order valence-electron chi connectivity index (χ4n) is 1.87. The summed E-state index contributed by atoms with van der Waals surface area (Å²) in [6.07, 6.45) is 2.83. The summed E-state index contributed by atoms with van der Waals surface area (Å²) < 4.78 is 2.01. The first-order chi connectivity index (χ1) is 7.20. The van der Waals surface area contributed by atoms with E-state index in [0.717, 1.165) is 13.0 Å². The monoisotopic (exact) mass is 203 g/mol. The molecule has 0 saturated heterocycles. The molecule has 3 nitrogen and oxygen atoms in total. The van der Waals surface area contributed by atoms with Gasteiger partial charge in [0.05, 0.1) is 11.7 Å². The van der Waals surface area contributed by atoms with Crippen LogP contribution in [0.15, 0.2) is 24.4 Å². The van der Waals surface area contributed by atoms with E-state index in [4.69, 9.17) is 5.73 Å². The molecule has 1 unspecified atom stereocenters. The summed E-state index contributed by atoms with van der Waals surface area (Å²) in [5.74, 6) is 0. The van der Waals surface area contributed by atoms with Gasteiger partial charge in [0.25, 0.3) is 0 Å². The van der Waals surface area contributed by atoms with Crippen LogP contribution >= 0.6 is 0 Å². The van der Waals surface area contributed by atoms with E-state index < -0.39 is 0 Å². The Morgan fingerprint density at radius 2 is 2.27 bits per heavy atom. The van der Waals surface area contributed by atoms with Crippen LogP contribution in [-0.4, -0.2) is 15.8 Å². The Kier molecular flexibility index (Phi) is 2.73. The first kappa shape index (κ1) is 10.2. The van der Waals surface area contributed by atoms with Crippen LogP contribution < -0.4 is 5.73 Å². The SMILES string of the molecule is CCn1ncc2ccc(CC(C)N)cc21. The third kappa shape index (κ3) is 2.02. The molecule has 0 spiro atoms. The van der Waals surface area contributed by atoms with Gasteiger partial charge in [-0.1, -0.05) is 12.1 Å². The lowest BCUT2D eigenvalue weighted by Gasteiger charge is -2.06. The molecule has 0 aliphatic heterocycles. The Hall–Kier alpha value is -1.35. The second kappa shape index (κ2) is 4.03. The zero-order valence-corrected chi connectivity index (χ0v) is 9.27. The summed E-state index contributed by atoms with van der Waals surface area (Å²) in [4.78, 5) is 0. The van der Waals surface area contributed by atoms with Gasteiger partial charge >= 0.3 is 0 Å². The van der Waals surface area contributed by atoms with E-state index in [1.807, 2.05) is 17.8 Å². The minimum Gasteiger partial charge on any atom is -0.328 e. The van der Waals surface area contributed by atoms with Crippen molar-refractivity contribution in [2.45, 2.75) is 32.9 Å². The zero-order chi connectivity index (χ0) is 10.8. The number of nitrogens with two attached hydrogens (primary N) is 1. The second-order valence-corrected chi connectivity index (χ2v) is 4.03. The number of nitrogens with zero attached hydrogens (tertiary/aromatic N) is 2. The number of aromatic nitrogens is 2. The summed E-state index contributed by atoms with van der Waals surface area (Å²) in [7, 11) is 0. The van der Waals surface area contributed by atoms with Gasteiger partial charge in [0.15, 0.2) is 0 Å². The second-order valence-electron chi connectivity index (χ2n) is 4.03. The minimum atomic E-state index is 0.209. The molecule has 2 aromatic rings. The molecule has 0 amide bonds. The molecule has 15 heavy (non-hydrogen) atoms. The summed E-state index contributed by atoms with van der Waals surface area (Å²) in [5, 5.41) is 5.52. The van der Waals surface area contributed by atoms with Gasteiger partial charge < -0.3 is 5.73 Å². The quantitative estimate of drug-likeness (QED) is 0.828. The molecule has 2 N–H and O–H groups in total. The van der Waals surface area contributed by atoms with Gasteiger partial charge in [0.1, 0.15) is 0 Å². The maximum Gasteiger partial charge on any atom is 0.0685 e. The van der Waals surface area contributed by atoms with Gasteiger partial charge in [-0.2, -0.15) is 5.10 Å². The zero-order valence-electron chi connectivity index (χ0n) is 9.27. The van der Waals surface area contributed by atoms with Gasteiger partial charge in [-0.3, -0.25) is 4.68 Å². The highest BCUT2D eigenvalue weighted by molar-refractivity contribution is 5.79. The molecule has 3 heteroatoms. The molecular weight excluding hydrogens is 186 g/mol. The van der Waals surface area contributed by atoms with Gasteiger partial charge in [-0.05, 0) is 31.9 Å². The average Bonchev–Trinajstić information content (AvgIpc) is 2.59. The maximum atomic E-state index is 5.79.